The van der Waals surface area contributed by atoms with E-state index in [0.29, 0.717) is 18.4 Å². The Morgan fingerprint density at radius 3 is 2.57 bits per heavy atom. The normalized spacial score (nSPS) is 21.1. The van der Waals surface area contributed by atoms with Crippen molar-refractivity contribution in [2.75, 3.05) is 12.3 Å². The van der Waals surface area contributed by atoms with Crippen LogP contribution in [0.5, 0.6) is 0 Å². The third-order valence-electron chi connectivity index (χ3n) is 5.46. The van der Waals surface area contributed by atoms with Crippen LogP contribution in [-0.2, 0) is 11.2 Å². The Morgan fingerprint density at radius 1 is 1.20 bits per heavy atom. The molecule has 1 aliphatic rings. The third kappa shape index (κ3) is 5.10. The number of hydrogen-bond donors (Lipinski definition) is 1. The summed E-state index contributed by atoms with van der Waals surface area (Å²) in [5, 5.41) is 0. The molecule has 1 amide bonds. The molecule has 160 valence electrons. The second kappa shape index (κ2) is 10.2. The van der Waals surface area contributed by atoms with Crippen molar-refractivity contribution in [1.82, 2.24) is 9.62 Å². The first-order valence-electron chi connectivity index (χ1n) is 10.3. The van der Waals surface area contributed by atoms with E-state index in [4.69, 9.17) is 0 Å². The molecule has 6 heteroatoms. The van der Waals surface area contributed by atoms with Gasteiger partial charge in [-0.05, 0) is 41.7 Å². The summed E-state index contributed by atoms with van der Waals surface area (Å²) in [7, 11) is 0. The number of rotatable bonds is 8. The largest absolute Gasteiger partial charge is 0.331 e. The number of carbonyl (C=O) groups excluding carboxylic acids is 1. The SMILES string of the molecule is C=C(CC)C(=O)N1CC(F)C(NSCC)C1Cc1cccc(-c2cccc(F)c2)c1. The molecule has 3 unspecified atom stereocenters. The summed E-state index contributed by atoms with van der Waals surface area (Å²) in [5.41, 5.74) is 3.15. The molecule has 3 nitrogen and oxygen atoms in total. The van der Waals surface area contributed by atoms with Crippen LogP contribution in [-0.4, -0.2) is 41.4 Å². The summed E-state index contributed by atoms with van der Waals surface area (Å²) in [4.78, 5) is 14.5. The predicted molar refractivity (Wildman–Crippen MR) is 120 cm³/mol. The van der Waals surface area contributed by atoms with Crippen LogP contribution in [0.3, 0.4) is 0 Å². The van der Waals surface area contributed by atoms with Crippen LogP contribution in [0.4, 0.5) is 8.78 Å². The highest BCUT2D eigenvalue weighted by Crippen LogP contribution is 2.29. The maximum atomic E-state index is 14.9. The van der Waals surface area contributed by atoms with Gasteiger partial charge in [0.25, 0.3) is 0 Å². The fraction of sp³-hybridized carbons (Fsp3) is 0.375. The average Bonchev–Trinajstić information content (AvgIpc) is 3.06. The quantitative estimate of drug-likeness (QED) is 0.463. The minimum Gasteiger partial charge on any atom is -0.331 e. The molecule has 2 aromatic rings. The lowest BCUT2D eigenvalue weighted by Crippen LogP contribution is -2.46. The second-order valence-corrected chi connectivity index (χ2v) is 8.59. The Balaban J connectivity index is 1.88. The van der Waals surface area contributed by atoms with Gasteiger partial charge >= 0.3 is 0 Å². The van der Waals surface area contributed by atoms with Gasteiger partial charge < -0.3 is 4.90 Å². The van der Waals surface area contributed by atoms with Gasteiger partial charge in [-0.3, -0.25) is 9.52 Å². The summed E-state index contributed by atoms with van der Waals surface area (Å²) in [6, 6.07) is 13.5. The first-order chi connectivity index (χ1) is 14.4. The highest BCUT2D eigenvalue weighted by atomic mass is 32.2. The van der Waals surface area contributed by atoms with Crippen molar-refractivity contribution in [2.45, 2.75) is 44.9 Å². The van der Waals surface area contributed by atoms with Crippen LogP contribution < -0.4 is 4.72 Å². The molecule has 0 saturated carbocycles. The molecule has 1 fully saturated rings. The van der Waals surface area contributed by atoms with Crippen LogP contribution in [0.1, 0.15) is 25.8 Å². The number of benzene rings is 2. The molecule has 1 aliphatic heterocycles. The topological polar surface area (TPSA) is 32.3 Å². The summed E-state index contributed by atoms with van der Waals surface area (Å²) in [6.07, 6.45) is -0.0986. The zero-order chi connectivity index (χ0) is 21.7. The van der Waals surface area contributed by atoms with Crippen LogP contribution >= 0.6 is 11.9 Å². The summed E-state index contributed by atoms with van der Waals surface area (Å²) in [6.45, 7) is 7.80. The van der Waals surface area contributed by atoms with Gasteiger partial charge in [-0.25, -0.2) is 8.78 Å². The number of nitrogens with one attached hydrogen (secondary N) is 1. The lowest BCUT2D eigenvalue weighted by molar-refractivity contribution is -0.128. The molecule has 0 aliphatic carbocycles. The predicted octanol–water partition coefficient (Wildman–Crippen LogP) is 5.18. The Kier molecular flexibility index (Phi) is 7.67. The van der Waals surface area contributed by atoms with Gasteiger partial charge in [-0.1, -0.05) is 68.8 Å². The van der Waals surface area contributed by atoms with Gasteiger partial charge in [-0.2, -0.15) is 0 Å². The molecule has 0 radical (unpaired) electrons. The van der Waals surface area contributed by atoms with E-state index in [2.05, 4.69) is 11.3 Å². The minimum atomic E-state index is -1.14. The number of likely N-dealkylation sites (tertiary alicyclic amines) is 1. The number of amides is 1. The van der Waals surface area contributed by atoms with Crippen LogP contribution in [0.25, 0.3) is 11.1 Å². The Labute approximate surface area is 181 Å². The van der Waals surface area contributed by atoms with Crippen molar-refractivity contribution in [2.24, 2.45) is 0 Å². The van der Waals surface area contributed by atoms with E-state index in [1.54, 1.807) is 11.0 Å². The molecular formula is C24H28F2N2OS. The number of nitrogens with zero attached hydrogens (tertiary/aromatic N) is 1. The highest BCUT2D eigenvalue weighted by Gasteiger charge is 2.44. The Hall–Kier alpha value is -2.18. The monoisotopic (exact) mass is 430 g/mol. The molecular weight excluding hydrogens is 402 g/mol. The minimum absolute atomic E-state index is 0.0635. The van der Waals surface area contributed by atoms with Gasteiger partial charge in [0.15, 0.2) is 0 Å². The van der Waals surface area contributed by atoms with Crippen LogP contribution in [0.2, 0.25) is 0 Å². The van der Waals surface area contributed by atoms with Gasteiger partial charge in [-0.15, -0.1) is 0 Å². The van der Waals surface area contributed by atoms with E-state index < -0.39 is 12.2 Å². The molecule has 30 heavy (non-hydrogen) atoms. The van der Waals surface area contributed by atoms with E-state index in [-0.39, 0.29) is 24.3 Å². The van der Waals surface area contributed by atoms with E-state index in [0.717, 1.165) is 22.4 Å². The maximum Gasteiger partial charge on any atom is 0.249 e. The Morgan fingerprint density at radius 2 is 1.90 bits per heavy atom. The summed E-state index contributed by atoms with van der Waals surface area (Å²) < 4.78 is 31.7. The second-order valence-electron chi connectivity index (χ2n) is 7.49. The molecule has 1 N–H and O–H groups in total. The Bertz CT molecular complexity index is 904. The van der Waals surface area contributed by atoms with Crippen LogP contribution in [0.15, 0.2) is 60.7 Å². The lowest BCUT2D eigenvalue weighted by atomic mass is 9.96. The van der Waals surface area contributed by atoms with Crippen molar-refractivity contribution in [3.63, 3.8) is 0 Å². The molecule has 3 rings (SSSR count). The average molecular weight is 431 g/mol. The molecule has 0 bridgehead atoms. The van der Waals surface area contributed by atoms with Crippen molar-refractivity contribution < 1.29 is 13.6 Å². The zero-order valence-corrected chi connectivity index (χ0v) is 18.2. The number of hydrogen-bond acceptors (Lipinski definition) is 3. The smallest absolute Gasteiger partial charge is 0.249 e. The summed E-state index contributed by atoms with van der Waals surface area (Å²) >= 11 is 1.46. The number of carbonyl (C=O) groups is 1. The van der Waals surface area contributed by atoms with Gasteiger partial charge in [0.1, 0.15) is 12.0 Å². The van der Waals surface area contributed by atoms with Gasteiger partial charge in [0, 0.05) is 11.3 Å². The lowest BCUT2D eigenvalue weighted by Gasteiger charge is -2.29. The fourth-order valence-electron chi connectivity index (χ4n) is 3.82. The molecule has 3 atom stereocenters. The van der Waals surface area contributed by atoms with E-state index in [1.165, 1.54) is 24.1 Å². The number of alkyl halides is 1. The van der Waals surface area contributed by atoms with Crippen molar-refractivity contribution >= 4 is 17.9 Å². The fourth-order valence-corrected chi connectivity index (χ4v) is 4.48. The molecule has 1 saturated heterocycles. The highest BCUT2D eigenvalue weighted by molar-refractivity contribution is 7.97. The standard InChI is InChI=1S/C24H28F2N2OS/c1-4-16(3)24(29)28-15-21(26)23(27-30-5-2)22(28)13-17-8-6-9-18(12-17)19-10-7-11-20(25)14-19/h6-12,14,21-23,27H,3-5,13,15H2,1-2H3. The third-order valence-corrected chi connectivity index (χ3v) is 6.19. The summed E-state index contributed by atoms with van der Waals surface area (Å²) in [5.74, 6) is 0.336. The van der Waals surface area contributed by atoms with E-state index in [1.807, 2.05) is 44.2 Å². The van der Waals surface area contributed by atoms with E-state index >= 15 is 0 Å². The zero-order valence-electron chi connectivity index (χ0n) is 17.4. The molecule has 1 heterocycles. The first-order valence-corrected chi connectivity index (χ1v) is 11.3. The van der Waals surface area contributed by atoms with Gasteiger partial charge in [0.2, 0.25) is 5.91 Å². The van der Waals surface area contributed by atoms with Crippen molar-refractivity contribution in [3.8, 4) is 11.1 Å². The molecule has 0 spiro atoms. The van der Waals surface area contributed by atoms with Crippen LogP contribution in [0, 0.1) is 5.82 Å². The first kappa shape index (κ1) is 22.5. The van der Waals surface area contributed by atoms with Gasteiger partial charge in [0.05, 0.1) is 18.6 Å². The van der Waals surface area contributed by atoms with Crippen molar-refractivity contribution in [1.29, 1.82) is 0 Å². The molecule has 2 aromatic carbocycles. The van der Waals surface area contributed by atoms with E-state index in [9.17, 15) is 13.6 Å². The number of halogens is 2. The maximum absolute atomic E-state index is 14.9. The molecule has 0 aromatic heterocycles. The van der Waals surface area contributed by atoms with Crippen molar-refractivity contribution in [3.05, 3.63) is 72.1 Å².